The molecule has 5 aromatic rings. The third kappa shape index (κ3) is 4.49. The van der Waals surface area contributed by atoms with Crippen molar-refractivity contribution >= 4 is 45.5 Å². The van der Waals surface area contributed by atoms with Gasteiger partial charge in [0.1, 0.15) is 16.9 Å². The minimum absolute atomic E-state index is 0.0219. The van der Waals surface area contributed by atoms with Crippen LogP contribution in [0.4, 0.5) is 0 Å². The number of piperidine rings is 1. The molecule has 2 aromatic carbocycles. The van der Waals surface area contributed by atoms with Gasteiger partial charge in [-0.3, -0.25) is 9.59 Å². The number of carbonyl (C=O) groups excluding carboxylic acids is 2. The van der Waals surface area contributed by atoms with Crippen molar-refractivity contribution in [3.63, 3.8) is 0 Å². The normalized spacial score (nSPS) is 20.9. The largest absolute Gasteiger partial charge is 0.494 e. The van der Waals surface area contributed by atoms with Gasteiger partial charge in [-0.15, -0.1) is 0 Å². The molecule has 8 rings (SSSR count). The molecule has 4 N–H and O–H groups in total. The minimum Gasteiger partial charge on any atom is -0.494 e. The summed E-state index contributed by atoms with van der Waals surface area (Å²) in [6.07, 6.45) is 4.38. The number of hydrogen-bond acceptors (Lipinski definition) is 6. The summed E-state index contributed by atoms with van der Waals surface area (Å²) in [5.41, 5.74) is 17.6. The number of rotatable bonds is 7. The van der Waals surface area contributed by atoms with E-state index in [1.165, 1.54) is 12.8 Å². The minimum atomic E-state index is -0.583. The van der Waals surface area contributed by atoms with Crippen LogP contribution in [0.25, 0.3) is 44.8 Å². The fraction of sp³-hybridized carbons (Fsp3) is 0.353. The summed E-state index contributed by atoms with van der Waals surface area (Å²) in [6, 6.07) is 15.1. The molecule has 3 atom stereocenters. The first kappa shape index (κ1) is 28.1. The third-order valence-electron chi connectivity index (χ3n) is 9.95. The zero-order valence-electron chi connectivity index (χ0n) is 25.2. The molecule has 11 heteroatoms. The Balaban J connectivity index is 1.24. The van der Waals surface area contributed by atoms with E-state index in [9.17, 15) is 9.59 Å². The molecule has 0 spiro atoms. The molecule has 1 saturated heterocycles. The Kier molecular flexibility index (Phi) is 6.44. The predicted molar refractivity (Wildman–Crippen MR) is 173 cm³/mol. The van der Waals surface area contributed by atoms with Crippen LogP contribution in [-0.4, -0.2) is 61.6 Å². The molecule has 45 heavy (non-hydrogen) atoms. The summed E-state index contributed by atoms with van der Waals surface area (Å²) in [6.45, 7) is 1.51. The van der Waals surface area contributed by atoms with Gasteiger partial charge in [-0.25, -0.2) is 9.97 Å². The Morgan fingerprint density at radius 1 is 1.04 bits per heavy atom. The van der Waals surface area contributed by atoms with Crippen molar-refractivity contribution in [2.75, 3.05) is 13.7 Å². The molecule has 10 nitrogen and oxygen atoms in total. The highest BCUT2D eigenvalue weighted by Crippen LogP contribution is 2.40. The zero-order valence-corrected chi connectivity index (χ0v) is 25.9. The second kappa shape index (κ2) is 10.3. The average Bonchev–Trinajstić information content (AvgIpc) is 3.44. The van der Waals surface area contributed by atoms with Gasteiger partial charge in [0.15, 0.2) is 5.82 Å². The molecule has 4 heterocycles. The number of imidazole rings is 1. The average molecular weight is 624 g/mol. The lowest BCUT2D eigenvalue weighted by Crippen LogP contribution is -2.41. The highest BCUT2D eigenvalue weighted by atomic mass is 35.5. The van der Waals surface area contributed by atoms with Crippen molar-refractivity contribution in [3.8, 4) is 28.5 Å². The van der Waals surface area contributed by atoms with Crippen LogP contribution in [-0.2, 0) is 13.6 Å². The van der Waals surface area contributed by atoms with E-state index in [4.69, 9.17) is 37.8 Å². The van der Waals surface area contributed by atoms with E-state index in [0.717, 1.165) is 53.0 Å². The molecule has 2 saturated carbocycles. The number of carbonyl (C=O) groups is 2. The Morgan fingerprint density at radius 2 is 1.87 bits per heavy atom. The van der Waals surface area contributed by atoms with Crippen LogP contribution < -0.4 is 16.2 Å². The summed E-state index contributed by atoms with van der Waals surface area (Å²) in [7, 11) is 3.60. The van der Waals surface area contributed by atoms with E-state index < -0.39 is 5.91 Å². The Hall–Kier alpha value is -4.41. The summed E-state index contributed by atoms with van der Waals surface area (Å²) in [4.78, 5) is 37.8. The van der Waals surface area contributed by atoms with Crippen LogP contribution in [0.15, 0.2) is 48.5 Å². The third-order valence-corrected chi connectivity index (χ3v) is 10.3. The van der Waals surface area contributed by atoms with Gasteiger partial charge in [-0.05, 0) is 80.0 Å². The number of amides is 2. The van der Waals surface area contributed by atoms with Crippen molar-refractivity contribution in [2.24, 2.45) is 30.4 Å². The maximum atomic E-state index is 13.7. The molecule has 2 aliphatic carbocycles. The number of nitrogens with two attached hydrogens (primary N) is 2. The first-order valence-corrected chi connectivity index (χ1v) is 15.8. The second-order valence-corrected chi connectivity index (χ2v) is 13.1. The number of methoxy groups -OCH3 is 1. The predicted octanol–water partition coefficient (Wildman–Crippen LogP) is 4.99. The van der Waals surface area contributed by atoms with E-state index in [1.54, 1.807) is 19.2 Å². The van der Waals surface area contributed by atoms with E-state index in [0.29, 0.717) is 45.9 Å². The summed E-state index contributed by atoms with van der Waals surface area (Å²) in [5.74, 6) is 1.70. The molecule has 3 fully saturated rings. The Labute approximate surface area is 264 Å². The van der Waals surface area contributed by atoms with Gasteiger partial charge in [-0.2, -0.15) is 0 Å². The molecule has 2 amide bonds. The lowest BCUT2D eigenvalue weighted by molar-refractivity contribution is 0.0700. The number of primary amides is 1. The SMILES string of the molecule is COc1cc(C(=O)N2CC3CCC2C3N)cc2nc(-c3cc4ccc(-c5ccc(Cl)c(C(N)=O)c5)nc4n3CC3CC3)n(C)c12. The van der Waals surface area contributed by atoms with Gasteiger partial charge in [0.2, 0.25) is 5.91 Å². The number of hydrogen-bond donors (Lipinski definition) is 2. The molecule has 3 aromatic heterocycles. The van der Waals surface area contributed by atoms with Crippen molar-refractivity contribution < 1.29 is 14.3 Å². The highest BCUT2D eigenvalue weighted by Gasteiger charge is 2.47. The smallest absolute Gasteiger partial charge is 0.254 e. The van der Waals surface area contributed by atoms with Crippen molar-refractivity contribution in [2.45, 2.75) is 44.3 Å². The van der Waals surface area contributed by atoms with Gasteiger partial charge < -0.3 is 30.2 Å². The van der Waals surface area contributed by atoms with E-state index in [1.807, 2.05) is 46.8 Å². The van der Waals surface area contributed by atoms with Gasteiger partial charge >= 0.3 is 0 Å². The van der Waals surface area contributed by atoms with Crippen LogP contribution in [0.5, 0.6) is 5.75 Å². The van der Waals surface area contributed by atoms with Gasteiger partial charge in [0, 0.05) is 48.7 Å². The standard InChI is InChI=1S/C34H34ClN7O3/c1-40-30-25(12-21(14-28(30)45-2)34(44)42-16-20-7-10-26(42)29(20)36)39-33(40)27-13-19-6-9-24(38-32(19)41(27)15-17-3-4-17)18-5-8-23(35)22(11-18)31(37)43/h5-6,8-9,11-14,17,20,26,29H,3-4,7,10,15-16,36H2,1-2H3,(H2,37,43). The number of aryl methyl sites for hydroxylation is 1. The van der Waals surface area contributed by atoms with Gasteiger partial charge in [-0.1, -0.05) is 17.7 Å². The van der Waals surface area contributed by atoms with Crippen molar-refractivity contribution in [1.29, 1.82) is 0 Å². The number of nitrogens with zero attached hydrogens (tertiary/aromatic N) is 5. The fourth-order valence-corrected chi connectivity index (χ4v) is 7.57. The molecule has 3 aliphatic rings. The number of aromatic nitrogens is 4. The first-order chi connectivity index (χ1) is 21.7. The molecular weight excluding hydrogens is 590 g/mol. The summed E-state index contributed by atoms with van der Waals surface area (Å²) < 4.78 is 10.1. The molecular formula is C34H34ClN7O3. The number of fused-ring (bicyclic) bond motifs is 4. The Bertz CT molecular complexity index is 2040. The van der Waals surface area contributed by atoms with E-state index in [-0.39, 0.29) is 23.6 Å². The van der Waals surface area contributed by atoms with Crippen LogP contribution in [0.3, 0.4) is 0 Å². The lowest BCUT2D eigenvalue weighted by atomic mass is 10.1. The van der Waals surface area contributed by atoms with Gasteiger partial charge in [0.25, 0.3) is 5.91 Å². The number of likely N-dealkylation sites (tertiary alicyclic amines) is 1. The highest BCUT2D eigenvalue weighted by molar-refractivity contribution is 6.33. The topological polar surface area (TPSA) is 134 Å². The molecule has 230 valence electrons. The van der Waals surface area contributed by atoms with Crippen LogP contribution >= 0.6 is 11.6 Å². The Morgan fingerprint density at radius 3 is 2.56 bits per heavy atom. The summed E-state index contributed by atoms with van der Waals surface area (Å²) in [5, 5.41) is 1.29. The van der Waals surface area contributed by atoms with Gasteiger partial charge in [0.05, 0.1) is 34.6 Å². The maximum Gasteiger partial charge on any atom is 0.254 e. The summed E-state index contributed by atoms with van der Waals surface area (Å²) >= 11 is 6.22. The van der Waals surface area contributed by atoms with Crippen molar-refractivity contribution in [1.82, 2.24) is 24.0 Å². The number of ether oxygens (including phenoxy) is 1. The van der Waals surface area contributed by atoms with Crippen LogP contribution in [0.1, 0.15) is 46.4 Å². The molecule has 1 aliphatic heterocycles. The quantitative estimate of drug-likeness (QED) is 0.262. The number of benzene rings is 2. The number of halogens is 1. The van der Waals surface area contributed by atoms with Crippen LogP contribution in [0, 0.1) is 11.8 Å². The molecule has 0 radical (unpaired) electrons. The first-order valence-electron chi connectivity index (χ1n) is 15.4. The maximum absolute atomic E-state index is 13.7. The van der Waals surface area contributed by atoms with E-state index >= 15 is 0 Å². The zero-order chi connectivity index (χ0) is 31.1. The van der Waals surface area contributed by atoms with Crippen LogP contribution in [0.2, 0.25) is 5.02 Å². The lowest BCUT2D eigenvalue weighted by Gasteiger charge is -2.27. The molecule has 2 bridgehead atoms. The number of pyridine rings is 1. The van der Waals surface area contributed by atoms with Crippen molar-refractivity contribution in [3.05, 3.63) is 64.7 Å². The van der Waals surface area contributed by atoms with E-state index in [2.05, 4.69) is 10.6 Å². The fourth-order valence-electron chi connectivity index (χ4n) is 7.36. The molecule has 3 unspecified atom stereocenters. The second-order valence-electron chi connectivity index (χ2n) is 12.7. The monoisotopic (exact) mass is 623 g/mol.